The van der Waals surface area contributed by atoms with E-state index in [1.54, 1.807) is 0 Å². The Morgan fingerprint density at radius 2 is 1.45 bits per heavy atom. The van der Waals surface area contributed by atoms with Crippen LogP contribution in [0.5, 0.6) is 0 Å². The van der Waals surface area contributed by atoms with Gasteiger partial charge in [0.2, 0.25) is 0 Å². The number of nitrogens with zero attached hydrogens (tertiary/aromatic N) is 3. The lowest BCUT2D eigenvalue weighted by Gasteiger charge is -2.28. The van der Waals surface area contributed by atoms with Crippen molar-refractivity contribution in [2.24, 2.45) is 4.99 Å². The minimum atomic E-state index is 0. The van der Waals surface area contributed by atoms with Gasteiger partial charge in [-0.15, -0.1) is 0 Å². The third-order valence-electron chi connectivity index (χ3n) is 2.09. The highest BCUT2D eigenvalue weighted by molar-refractivity contribution is 5.64. The maximum absolute atomic E-state index is 4.26. The van der Waals surface area contributed by atoms with Crippen LogP contribution < -0.4 is 5.32 Å². The lowest BCUT2D eigenvalue weighted by atomic mass is 10.4. The SMILES string of the molecule is C1=CN2C=CN3CC=NC(=C23)N1.O.O.O.O.O.O.O.O. The van der Waals surface area contributed by atoms with E-state index in [1.807, 2.05) is 24.8 Å². The molecule has 0 unspecified atom stereocenters. The van der Waals surface area contributed by atoms with Crippen molar-refractivity contribution in [3.8, 4) is 0 Å². The van der Waals surface area contributed by atoms with Gasteiger partial charge in [-0.25, -0.2) is 4.99 Å². The van der Waals surface area contributed by atoms with Crippen LogP contribution in [-0.2, 0) is 0 Å². The normalized spacial score (nSPS) is 14.0. The van der Waals surface area contributed by atoms with Crippen molar-refractivity contribution in [2.45, 2.75) is 0 Å². The molecule has 17 N–H and O–H groups in total. The predicted molar refractivity (Wildman–Crippen MR) is 74.4 cm³/mol. The molecule has 0 aromatic carbocycles. The number of hydrogen-bond acceptors (Lipinski definition) is 4. The van der Waals surface area contributed by atoms with Crippen molar-refractivity contribution in [3.05, 3.63) is 36.4 Å². The zero-order valence-electron chi connectivity index (χ0n) is 10.4. The summed E-state index contributed by atoms with van der Waals surface area (Å²) in [5, 5.41) is 3.10. The van der Waals surface area contributed by atoms with Crippen LogP contribution in [0.4, 0.5) is 0 Å². The molecule has 124 valence electrons. The van der Waals surface area contributed by atoms with Crippen LogP contribution in [-0.4, -0.2) is 66.4 Å². The van der Waals surface area contributed by atoms with Gasteiger partial charge in [0.15, 0.2) is 11.6 Å². The van der Waals surface area contributed by atoms with E-state index < -0.39 is 0 Å². The minimum absolute atomic E-state index is 0. The molecule has 0 fully saturated rings. The molecule has 0 aromatic heterocycles. The van der Waals surface area contributed by atoms with Gasteiger partial charge in [-0.2, -0.15) is 0 Å². The maximum Gasteiger partial charge on any atom is 0.172 e. The average Bonchev–Trinajstić information content (AvgIpc) is 2.52. The second-order valence-corrected chi connectivity index (χ2v) is 2.80. The maximum atomic E-state index is 4.26. The summed E-state index contributed by atoms with van der Waals surface area (Å²) < 4.78 is 0. The van der Waals surface area contributed by atoms with Crippen LogP contribution in [0.1, 0.15) is 0 Å². The van der Waals surface area contributed by atoms with Gasteiger partial charge in [-0.3, -0.25) is 0 Å². The predicted octanol–water partition coefficient (Wildman–Crippen LogP) is -6.24. The van der Waals surface area contributed by atoms with Crippen molar-refractivity contribution >= 4 is 6.21 Å². The third-order valence-corrected chi connectivity index (χ3v) is 2.09. The van der Waals surface area contributed by atoms with E-state index in [9.17, 15) is 0 Å². The van der Waals surface area contributed by atoms with Gasteiger partial charge < -0.3 is 58.9 Å². The molecule has 20 heavy (non-hydrogen) atoms. The van der Waals surface area contributed by atoms with Crippen LogP contribution in [0, 0.1) is 0 Å². The highest BCUT2D eigenvalue weighted by Gasteiger charge is 2.25. The van der Waals surface area contributed by atoms with E-state index in [0.29, 0.717) is 0 Å². The van der Waals surface area contributed by atoms with Gasteiger partial charge in [-0.05, 0) is 0 Å². The van der Waals surface area contributed by atoms with Crippen LogP contribution in [0.25, 0.3) is 0 Å². The van der Waals surface area contributed by atoms with E-state index in [-0.39, 0.29) is 43.8 Å². The molecule has 0 saturated heterocycles. The molecule has 3 heterocycles. The summed E-state index contributed by atoms with van der Waals surface area (Å²) in [6.07, 6.45) is 9.85. The molecule has 0 saturated carbocycles. The first-order chi connectivity index (χ1) is 5.95. The first-order valence-electron chi connectivity index (χ1n) is 3.88. The monoisotopic (exact) mass is 304 g/mol. The lowest BCUT2D eigenvalue weighted by Crippen LogP contribution is -2.31. The fourth-order valence-corrected chi connectivity index (χ4v) is 1.54. The Hall–Kier alpha value is -2.03. The molecule has 0 amide bonds. The van der Waals surface area contributed by atoms with Crippen molar-refractivity contribution in [2.75, 3.05) is 6.54 Å². The smallest absolute Gasteiger partial charge is 0.172 e. The van der Waals surface area contributed by atoms with Crippen molar-refractivity contribution < 1.29 is 43.8 Å². The Kier molecular flexibility index (Phi) is 24.2. The van der Waals surface area contributed by atoms with E-state index in [4.69, 9.17) is 0 Å². The first-order valence-corrected chi connectivity index (χ1v) is 3.88. The fraction of sp³-hybridized carbons (Fsp3) is 0.125. The van der Waals surface area contributed by atoms with Crippen molar-refractivity contribution in [3.63, 3.8) is 0 Å². The quantitative estimate of drug-likeness (QED) is 0.456. The van der Waals surface area contributed by atoms with Crippen molar-refractivity contribution in [1.82, 2.24) is 15.1 Å². The summed E-state index contributed by atoms with van der Waals surface area (Å²) >= 11 is 0. The molecule has 3 rings (SSSR count). The minimum Gasteiger partial charge on any atom is -0.412 e. The number of hydrogen-bond donors (Lipinski definition) is 1. The first kappa shape index (κ1) is 36.1. The average molecular weight is 304 g/mol. The topological polar surface area (TPSA) is 283 Å². The Morgan fingerprint density at radius 1 is 0.850 bits per heavy atom. The van der Waals surface area contributed by atoms with Gasteiger partial charge in [0.25, 0.3) is 0 Å². The molecule has 0 radical (unpaired) electrons. The van der Waals surface area contributed by atoms with E-state index >= 15 is 0 Å². The molecule has 12 nitrogen and oxygen atoms in total. The van der Waals surface area contributed by atoms with E-state index in [0.717, 1.165) is 18.2 Å². The molecule has 0 spiro atoms. The summed E-state index contributed by atoms with van der Waals surface area (Å²) in [5.74, 6) is 2.05. The lowest BCUT2D eigenvalue weighted by molar-refractivity contribution is 0.422. The Labute approximate surface area is 114 Å². The van der Waals surface area contributed by atoms with Gasteiger partial charge in [-0.1, -0.05) is 0 Å². The second-order valence-electron chi connectivity index (χ2n) is 2.80. The molecule has 0 bridgehead atoms. The van der Waals surface area contributed by atoms with E-state index in [2.05, 4.69) is 26.3 Å². The van der Waals surface area contributed by atoms with Crippen LogP contribution >= 0.6 is 0 Å². The van der Waals surface area contributed by atoms with Crippen LogP contribution in [0.15, 0.2) is 41.4 Å². The summed E-state index contributed by atoms with van der Waals surface area (Å²) in [4.78, 5) is 8.47. The van der Waals surface area contributed by atoms with Gasteiger partial charge in [0.1, 0.15) is 0 Å². The molecular weight excluding hydrogens is 280 g/mol. The molecule has 3 aliphatic rings. The highest BCUT2D eigenvalue weighted by Crippen LogP contribution is 2.26. The van der Waals surface area contributed by atoms with Crippen LogP contribution in [0.2, 0.25) is 0 Å². The van der Waals surface area contributed by atoms with Crippen molar-refractivity contribution in [1.29, 1.82) is 0 Å². The Morgan fingerprint density at radius 3 is 2.05 bits per heavy atom. The molecule has 0 aromatic rings. The Balaban J connectivity index is -0.0000000612. The summed E-state index contributed by atoms with van der Waals surface area (Å²) in [6, 6.07) is 0. The zero-order valence-corrected chi connectivity index (χ0v) is 10.4. The summed E-state index contributed by atoms with van der Waals surface area (Å²) in [6.45, 7) is 0.862. The van der Waals surface area contributed by atoms with Gasteiger partial charge in [0, 0.05) is 31.0 Å². The van der Waals surface area contributed by atoms with Gasteiger partial charge >= 0.3 is 0 Å². The summed E-state index contributed by atoms with van der Waals surface area (Å²) in [5.41, 5.74) is 0. The van der Waals surface area contributed by atoms with Crippen LogP contribution in [0.3, 0.4) is 0 Å². The molecule has 12 heteroatoms. The number of nitrogens with one attached hydrogen (secondary N) is 1. The fourth-order valence-electron chi connectivity index (χ4n) is 1.54. The molecular formula is C8H24N4O8. The standard InChI is InChI=1S/C8H8N4.8H2O/c1-3-11-5-6-12-4-2-10-7(9-1)8(11)12;;;;;;;;/h1-3,5-6,9H,4H2;8*1H2. The van der Waals surface area contributed by atoms with E-state index in [1.165, 1.54) is 0 Å². The zero-order chi connectivity index (χ0) is 7.97. The number of aliphatic imine (C=N–C) groups is 1. The second kappa shape index (κ2) is 13.4. The highest BCUT2D eigenvalue weighted by atomic mass is 16.0. The molecule has 0 atom stereocenters. The molecule has 3 aliphatic heterocycles. The Bertz CT molecular complexity index is 356. The van der Waals surface area contributed by atoms with Gasteiger partial charge in [0.05, 0.1) is 6.54 Å². The number of rotatable bonds is 0. The summed E-state index contributed by atoms with van der Waals surface area (Å²) in [7, 11) is 0. The third kappa shape index (κ3) is 4.92. The largest absolute Gasteiger partial charge is 0.412 e. The molecule has 0 aliphatic carbocycles.